The second-order valence-corrected chi connectivity index (χ2v) is 88.6. The highest BCUT2D eigenvalue weighted by Crippen LogP contribution is 2.47. The maximum absolute atomic E-state index is 2.46. The molecule has 0 saturated carbocycles. The molecule has 0 saturated heterocycles. The number of rotatable bonds is 36. The Morgan fingerprint density at radius 1 is 0.167 bits per heavy atom. The van der Waals surface area contributed by atoms with Gasteiger partial charge in [-0.15, -0.1) is 0 Å². The van der Waals surface area contributed by atoms with Crippen molar-refractivity contribution < 1.29 is 0 Å². The Labute approximate surface area is 592 Å². The van der Waals surface area contributed by atoms with Crippen molar-refractivity contribution in [2.24, 2.45) is 0 Å². The summed E-state index contributed by atoms with van der Waals surface area (Å²) in [4.78, 5) is 0. The Kier molecular flexibility index (Phi) is 74.8. The predicted molar refractivity (Wildman–Crippen MR) is 471 cm³/mol. The summed E-state index contributed by atoms with van der Waals surface area (Å²) in [7, 11) is -7.19. The lowest BCUT2D eigenvalue weighted by Gasteiger charge is -2.43. The fourth-order valence-corrected chi connectivity index (χ4v) is 49.4. The summed E-state index contributed by atoms with van der Waals surface area (Å²) in [5.41, 5.74) is 8.43. The quantitative estimate of drug-likeness (QED) is 0.0549. The van der Waals surface area contributed by atoms with Crippen LogP contribution in [-0.4, -0.2) is 72.7 Å². The Hall–Kier alpha value is 1.95. The molecule has 0 spiro atoms. The normalized spacial score (nSPS) is 12.6. The first-order chi connectivity index (χ1) is 41.1. The van der Waals surface area contributed by atoms with Crippen LogP contribution in [0.2, 0.25) is 218 Å². The van der Waals surface area contributed by atoms with Gasteiger partial charge >= 0.3 is 0 Å². The van der Waals surface area contributed by atoms with E-state index in [2.05, 4.69) is 308 Å². The van der Waals surface area contributed by atoms with Crippen LogP contribution in [0.1, 0.15) is 307 Å². The first kappa shape index (κ1) is 111. The molecule has 90 heavy (non-hydrogen) atoms. The van der Waals surface area contributed by atoms with E-state index >= 15 is 0 Å². The molecule has 0 rings (SSSR count). The van der Waals surface area contributed by atoms with Gasteiger partial charge in [-0.05, 0) is 0 Å². The molecule has 0 amide bonds. The van der Waals surface area contributed by atoms with E-state index in [9.17, 15) is 0 Å². The van der Waals surface area contributed by atoms with Crippen LogP contribution in [0.4, 0.5) is 0 Å². The van der Waals surface area contributed by atoms with Crippen molar-refractivity contribution in [1.29, 1.82) is 0 Å². The van der Waals surface area contributed by atoms with Gasteiger partial charge in [-0.3, -0.25) is 0 Å². The van der Waals surface area contributed by atoms with Gasteiger partial charge in [-0.25, -0.2) is 0 Å². The minimum atomic E-state index is -1.05. The lowest BCUT2D eigenvalue weighted by molar-refractivity contribution is 0.757. The maximum Gasteiger partial charge on any atom is 0.0612 e. The highest BCUT2D eigenvalue weighted by atomic mass is 28.3. The van der Waals surface area contributed by atoms with Gasteiger partial charge in [-0.2, -0.15) is 0 Å². The summed E-state index contributed by atoms with van der Waals surface area (Å²) in [5.74, 6) is 0. The smallest absolute Gasteiger partial charge is 0.0612 e. The van der Waals surface area contributed by atoms with Gasteiger partial charge in [-0.1, -0.05) is 525 Å². The third kappa shape index (κ3) is 50.3. The van der Waals surface area contributed by atoms with Crippen LogP contribution in [-0.2, 0) is 0 Å². The summed E-state index contributed by atoms with van der Waals surface area (Å²) < 4.78 is 0. The van der Waals surface area contributed by atoms with Gasteiger partial charge in [0.1, 0.15) is 0 Å². The molecule has 0 radical (unpaired) electrons. The Morgan fingerprint density at radius 3 is 0.467 bits per heavy atom. The average Bonchev–Trinajstić information content (AvgIpc) is 3.66. The molecule has 0 nitrogen and oxygen atoms in total. The van der Waals surface area contributed by atoms with Gasteiger partial charge in [0.2, 0.25) is 0 Å². The monoisotopic (exact) mass is 1420 g/mol. The van der Waals surface area contributed by atoms with Crippen LogP contribution in [0.5, 0.6) is 0 Å². The summed E-state index contributed by atoms with van der Waals surface area (Å²) >= 11 is 0. The second-order valence-electron chi connectivity index (χ2n) is 35.7. The van der Waals surface area contributed by atoms with E-state index in [1.54, 1.807) is 12.1 Å². The highest BCUT2D eigenvalue weighted by Gasteiger charge is 2.43. The zero-order valence-corrected chi connectivity index (χ0v) is 82.8. The molecule has 0 bridgehead atoms. The van der Waals surface area contributed by atoms with Gasteiger partial charge in [0.25, 0.3) is 0 Å². The molecular formula is C81H198Si9. The third-order valence-corrected chi connectivity index (χ3v) is 71.7. The van der Waals surface area contributed by atoms with Crippen molar-refractivity contribution in [3.8, 4) is 0 Å². The highest BCUT2D eigenvalue weighted by molar-refractivity contribution is 6.85. The first-order valence-corrected chi connectivity index (χ1v) is 68.0. The number of hydrogen-bond acceptors (Lipinski definition) is 0. The maximum atomic E-state index is 2.46. The summed E-state index contributed by atoms with van der Waals surface area (Å²) in [6.45, 7) is 108. The molecule has 0 aliphatic rings. The van der Waals surface area contributed by atoms with Crippen LogP contribution in [0.15, 0.2) is 0 Å². The number of unbranched alkanes of at least 4 members (excludes halogenated alkanes) is 3. The number of hydrogen-bond donors (Lipinski definition) is 0. The minimum Gasteiger partial charge on any atom is -0.0696 e. The lowest BCUT2D eigenvalue weighted by atomic mass is 10.4. The van der Waals surface area contributed by atoms with Crippen LogP contribution < -0.4 is 0 Å². The van der Waals surface area contributed by atoms with E-state index in [1.165, 1.54) is 154 Å². The predicted octanol–water partition coefficient (Wildman–Crippen LogP) is 35.1. The van der Waals surface area contributed by atoms with Crippen LogP contribution in [0.3, 0.4) is 0 Å². The van der Waals surface area contributed by atoms with E-state index in [-0.39, 0.29) is 0 Å². The van der Waals surface area contributed by atoms with Crippen LogP contribution in [0, 0.1) is 0 Å². The fourth-order valence-electron chi connectivity index (χ4n) is 16.5. The molecule has 0 aliphatic heterocycles. The first-order valence-electron chi connectivity index (χ1n) is 41.1. The molecule has 0 atom stereocenters. The Bertz CT molecular complexity index is 1330. The van der Waals surface area contributed by atoms with E-state index in [0.717, 1.165) is 49.9 Å². The summed E-state index contributed by atoms with van der Waals surface area (Å²) in [6.07, 6.45) is 12.6. The SMILES string of the molecule is CCCC[Si](C(C)C)(C(C)C)C(C)C.CCCC[Si](C)(C)C.CCCC[Si](CC)(CC)CC.CCC[Si](C(C)C)(C(C)C)C(C)C.CCC[Si](C)(C)C.CCC[Si](CC)(CC)CC.CC[Si](C(C)C)(C(C)C)C(C)C.CC[Si](C)(C)C.CC[Si](CC)(CC)CC. The standard InChI is InChI=1S/C13H30Si.C12H28Si.C11H26Si.C10H24Si.C9H22Si.C8H20Si.C7H18Si.C6H16Si.C5H14Si/c1-8-9-10-14(11(2)3,12(4)5)13(6)7;1-8-9-13(10(2)3,11(4)5)12(6)7;1-8-12(9(2)3,10(4)5)11(6)7;1-5-9-10-11(6-2,7-3)8-4;1-5-9-10(6-2,7-3)8-4;1-5-9(6-2,7-3)8-4;1-5-6-7-8(2,3)4;1-5-6-7(2,3)4;1-5-6(2,3)4/h11-13H,8-10H2,1-7H3;10-12H,8-9H2,1-7H3;9-11H,8H2,1-7H3;5-10H2,1-4H3;5-9H2,1-4H3;5-8H2,1-4H3;5-7H2,1-4H3;5-6H2,1-4H3;5H2,1-4H3. The molecule has 0 aromatic carbocycles. The average molecular weight is 1430 g/mol. The molecule has 0 unspecified atom stereocenters. The van der Waals surface area contributed by atoms with Gasteiger partial charge in [0.15, 0.2) is 0 Å². The van der Waals surface area contributed by atoms with Gasteiger partial charge in [0, 0.05) is 24.2 Å². The lowest BCUT2D eigenvalue weighted by Crippen LogP contribution is -2.44. The fraction of sp³-hybridized carbons (Fsp3) is 1.00. The van der Waals surface area contributed by atoms with E-state index in [1.807, 2.05) is 0 Å². The van der Waals surface area contributed by atoms with Crippen molar-refractivity contribution in [2.45, 2.75) is 525 Å². The Morgan fingerprint density at radius 2 is 0.367 bits per heavy atom. The second kappa shape index (κ2) is 60.9. The van der Waals surface area contributed by atoms with Crippen molar-refractivity contribution in [3.63, 3.8) is 0 Å². The van der Waals surface area contributed by atoms with Crippen molar-refractivity contribution in [2.75, 3.05) is 0 Å². The van der Waals surface area contributed by atoms with Crippen molar-refractivity contribution in [3.05, 3.63) is 0 Å². The zero-order chi connectivity index (χ0) is 73.8. The summed E-state index contributed by atoms with van der Waals surface area (Å²) in [6, 6.07) is 26.9. The van der Waals surface area contributed by atoms with Crippen molar-refractivity contribution in [1.82, 2.24) is 0 Å². The van der Waals surface area contributed by atoms with E-state index < -0.39 is 72.7 Å². The molecule has 558 valence electrons. The van der Waals surface area contributed by atoms with Gasteiger partial charge in [0.05, 0.1) is 48.4 Å². The minimum absolute atomic E-state index is 0.631. The molecule has 9 heteroatoms. The van der Waals surface area contributed by atoms with E-state index in [4.69, 9.17) is 0 Å². The largest absolute Gasteiger partial charge is 0.0696 e. The molecule has 0 aromatic rings. The topological polar surface area (TPSA) is 0 Å². The third-order valence-electron chi connectivity index (χ3n) is 24.6. The van der Waals surface area contributed by atoms with Gasteiger partial charge < -0.3 is 0 Å². The van der Waals surface area contributed by atoms with Crippen molar-refractivity contribution >= 4 is 72.7 Å². The molecular weight excluding hydrogens is 1230 g/mol. The molecule has 0 fully saturated rings. The summed E-state index contributed by atoms with van der Waals surface area (Å²) in [5, 5.41) is 0. The Balaban J connectivity index is -0.000000118. The molecule has 0 heterocycles. The molecule has 0 aliphatic carbocycles. The molecule has 0 aromatic heterocycles. The molecule has 0 N–H and O–H groups in total. The van der Waals surface area contributed by atoms with E-state index in [0.29, 0.717) is 0 Å². The van der Waals surface area contributed by atoms with Crippen LogP contribution >= 0.6 is 0 Å². The zero-order valence-electron chi connectivity index (χ0n) is 73.8. The van der Waals surface area contributed by atoms with Crippen LogP contribution in [0.25, 0.3) is 0 Å².